The standard InChI is InChI=1S/C64H124O17P2/c1-7-10-12-14-16-17-18-19-20-21-22-23-24-28-36-42-48-63(68)80-59(53-75-62(67)47-41-35-29-25-27-32-38-44-56(4)5)54-78-82(70,71)76-50-58(65)51-77-83(72,73)79-55-60(52-74-61(66)46-40-34-26-15-13-11-8-2)81-64(69)49-43-37-31-30-33-39-45-57(6)9-3/h56-60,65H,7-55H2,1-6H3,(H,70,71)(H,72,73)/t57?,58-,59-,60-/m1/s1. The van der Waals surface area contributed by atoms with Gasteiger partial charge in [-0.05, 0) is 37.5 Å². The first-order chi connectivity index (χ1) is 39.9. The van der Waals surface area contributed by atoms with Gasteiger partial charge in [-0.2, -0.15) is 0 Å². The zero-order valence-electron chi connectivity index (χ0n) is 53.5. The number of rotatable bonds is 63. The van der Waals surface area contributed by atoms with Crippen molar-refractivity contribution in [3.63, 3.8) is 0 Å². The van der Waals surface area contributed by atoms with Gasteiger partial charge in [-0.1, -0.05) is 266 Å². The molecule has 0 aliphatic heterocycles. The lowest BCUT2D eigenvalue weighted by Gasteiger charge is -2.21. The van der Waals surface area contributed by atoms with Crippen molar-refractivity contribution in [2.45, 2.75) is 336 Å². The third kappa shape index (κ3) is 57.6. The summed E-state index contributed by atoms with van der Waals surface area (Å²) in [4.78, 5) is 72.1. The predicted octanol–water partition coefficient (Wildman–Crippen LogP) is 17.7. The fourth-order valence-corrected chi connectivity index (χ4v) is 11.1. The normalized spacial score (nSPS) is 14.6. The molecule has 83 heavy (non-hydrogen) atoms. The van der Waals surface area contributed by atoms with Crippen molar-refractivity contribution in [1.29, 1.82) is 0 Å². The van der Waals surface area contributed by atoms with Gasteiger partial charge in [0.1, 0.15) is 19.3 Å². The van der Waals surface area contributed by atoms with E-state index in [0.29, 0.717) is 31.6 Å². The Labute approximate surface area is 505 Å². The molecule has 3 N–H and O–H groups in total. The van der Waals surface area contributed by atoms with Crippen LogP contribution in [0.1, 0.15) is 318 Å². The minimum Gasteiger partial charge on any atom is -0.462 e. The lowest BCUT2D eigenvalue weighted by atomic mass is 10.00. The van der Waals surface area contributed by atoms with Gasteiger partial charge in [0.2, 0.25) is 0 Å². The van der Waals surface area contributed by atoms with Crippen molar-refractivity contribution in [1.82, 2.24) is 0 Å². The Morgan fingerprint density at radius 2 is 0.614 bits per heavy atom. The first-order valence-corrected chi connectivity index (χ1v) is 36.5. The van der Waals surface area contributed by atoms with E-state index in [1.807, 2.05) is 0 Å². The molecule has 6 atom stereocenters. The summed E-state index contributed by atoms with van der Waals surface area (Å²) < 4.78 is 67.9. The van der Waals surface area contributed by atoms with E-state index in [-0.39, 0.29) is 25.7 Å². The second kappa shape index (κ2) is 56.6. The van der Waals surface area contributed by atoms with Gasteiger partial charge in [0, 0.05) is 25.7 Å². The zero-order valence-corrected chi connectivity index (χ0v) is 55.3. The van der Waals surface area contributed by atoms with Crippen molar-refractivity contribution in [2.24, 2.45) is 11.8 Å². The van der Waals surface area contributed by atoms with Crippen LogP contribution in [0.5, 0.6) is 0 Å². The maximum Gasteiger partial charge on any atom is 0.472 e. The predicted molar refractivity (Wildman–Crippen MR) is 331 cm³/mol. The molecule has 0 saturated carbocycles. The summed E-state index contributed by atoms with van der Waals surface area (Å²) >= 11 is 0. The average Bonchev–Trinajstić information content (AvgIpc) is 3.46. The molecule has 0 radical (unpaired) electrons. The van der Waals surface area contributed by atoms with Crippen LogP contribution in [0, 0.1) is 11.8 Å². The number of aliphatic hydroxyl groups excluding tert-OH is 1. The average molecular weight is 1230 g/mol. The monoisotopic (exact) mass is 1230 g/mol. The van der Waals surface area contributed by atoms with Crippen LogP contribution in [-0.4, -0.2) is 96.7 Å². The molecule has 0 aromatic rings. The molecule has 0 fully saturated rings. The smallest absolute Gasteiger partial charge is 0.462 e. The first kappa shape index (κ1) is 81.1. The molecule has 0 amide bonds. The molecular formula is C64H124O17P2. The molecule has 0 aliphatic carbocycles. The number of carbonyl (C=O) groups excluding carboxylic acids is 4. The summed E-state index contributed by atoms with van der Waals surface area (Å²) in [6.07, 6.45) is 39.2. The number of aliphatic hydroxyl groups is 1. The Morgan fingerprint density at radius 1 is 0.349 bits per heavy atom. The molecular weight excluding hydrogens is 1100 g/mol. The molecule has 0 heterocycles. The number of unbranched alkanes of at least 4 members (excludes halogenated alkanes) is 32. The lowest BCUT2D eigenvalue weighted by molar-refractivity contribution is -0.161. The lowest BCUT2D eigenvalue weighted by Crippen LogP contribution is -2.30. The summed E-state index contributed by atoms with van der Waals surface area (Å²) in [6, 6.07) is 0. The number of esters is 4. The summed E-state index contributed by atoms with van der Waals surface area (Å²) in [6.45, 7) is 9.35. The summed E-state index contributed by atoms with van der Waals surface area (Å²) in [7, 11) is -9.88. The van der Waals surface area contributed by atoms with E-state index in [0.717, 1.165) is 115 Å². The van der Waals surface area contributed by atoms with E-state index < -0.39 is 97.5 Å². The maximum absolute atomic E-state index is 13.0. The number of ether oxygens (including phenoxy) is 4. The highest BCUT2D eigenvalue weighted by Gasteiger charge is 2.30. The first-order valence-electron chi connectivity index (χ1n) is 33.5. The molecule has 492 valence electrons. The molecule has 17 nitrogen and oxygen atoms in total. The van der Waals surface area contributed by atoms with Crippen molar-refractivity contribution in [3.05, 3.63) is 0 Å². The molecule has 0 bridgehead atoms. The van der Waals surface area contributed by atoms with Crippen LogP contribution in [0.4, 0.5) is 0 Å². The number of hydrogen-bond donors (Lipinski definition) is 3. The summed E-state index contributed by atoms with van der Waals surface area (Å²) in [5.41, 5.74) is 0. The van der Waals surface area contributed by atoms with E-state index in [4.69, 9.17) is 37.0 Å². The van der Waals surface area contributed by atoms with Gasteiger partial charge in [0.15, 0.2) is 12.2 Å². The van der Waals surface area contributed by atoms with Crippen LogP contribution in [-0.2, 0) is 65.4 Å². The minimum atomic E-state index is -4.94. The highest BCUT2D eigenvalue weighted by Crippen LogP contribution is 2.45. The van der Waals surface area contributed by atoms with E-state index >= 15 is 0 Å². The fraction of sp³-hybridized carbons (Fsp3) is 0.938. The molecule has 0 rings (SSSR count). The minimum absolute atomic E-state index is 0.102. The fourth-order valence-electron chi connectivity index (χ4n) is 9.50. The van der Waals surface area contributed by atoms with E-state index in [2.05, 4.69) is 41.5 Å². The Morgan fingerprint density at radius 3 is 0.916 bits per heavy atom. The van der Waals surface area contributed by atoms with Gasteiger partial charge < -0.3 is 33.8 Å². The van der Waals surface area contributed by atoms with Crippen LogP contribution in [0.2, 0.25) is 0 Å². The number of phosphoric acid groups is 2. The number of phosphoric ester groups is 2. The van der Waals surface area contributed by atoms with Crippen molar-refractivity contribution >= 4 is 39.5 Å². The van der Waals surface area contributed by atoms with E-state index in [1.54, 1.807) is 0 Å². The molecule has 0 aromatic heterocycles. The van der Waals surface area contributed by atoms with Crippen molar-refractivity contribution in [3.8, 4) is 0 Å². The van der Waals surface area contributed by atoms with Crippen LogP contribution in [0.25, 0.3) is 0 Å². The van der Waals surface area contributed by atoms with Crippen LogP contribution in [0.3, 0.4) is 0 Å². The quantitative estimate of drug-likeness (QED) is 0.0222. The maximum atomic E-state index is 13.0. The SMILES string of the molecule is CCCCCCCCCCCCCCCCCCC(=O)O[C@H](COC(=O)CCCCCCCCCC(C)C)COP(=O)(O)OC[C@@H](O)COP(=O)(O)OC[C@@H](COC(=O)CCCCCCCCC)OC(=O)CCCCCCCCC(C)CC. The summed E-state index contributed by atoms with van der Waals surface area (Å²) in [5, 5.41) is 10.5. The second-order valence-electron chi connectivity index (χ2n) is 23.9. The third-order valence-corrected chi connectivity index (χ3v) is 17.0. The highest BCUT2D eigenvalue weighted by molar-refractivity contribution is 7.47. The van der Waals surface area contributed by atoms with Crippen LogP contribution in [0.15, 0.2) is 0 Å². The van der Waals surface area contributed by atoms with Gasteiger partial charge in [0.25, 0.3) is 0 Å². The molecule has 0 aromatic carbocycles. The Hall–Kier alpha value is -1.94. The van der Waals surface area contributed by atoms with Crippen molar-refractivity contribution in [2.75, 3.05) is 39.6 Å². The van der Waals surface area contributed by atoms with Crippen LogP contribution < -0.4 is 0 Å². The van der Waals surface area contributed by atoms with Gasteiger partial charge >= 0.3 is 39.5 Å². The molecule has 19 heteroatoms. The molecule has 0 spiro atoms. The Kier molecular flexibility index (Phi) is 55.2. The van der Waals surface area contributed by atoms with Gasteiger partial charge in [-0.25, -0.2) is 9.13 Å². The summed E-state index contributed by atoms with van der Waals surface area (Å²) in [5.74, 6) is -0.715. The topological polar surface area (TPSA) is 237 Å². The number of carbonyl (C=O) groups is 4. The van der Waals surface area contributed by atoms with Gasteiger partial charge in [-0.15, -0.1) is 0 Å². The second-order valence-corrected chi connectivity index (χ2v) is 26.8. The number of hydrogen-bond acceptors (Lipinski definition) is 15. The zero-order chi connectivity index (χ0) is 61.5. The molecule has 3 unspecified atom stereocenters. The largest absolute Gasteiger partial charge is 0.472 e. The molecule has 0 aliphatic rings. The molecule has 0 saturated heterocycles. The highest BCUT2D eigenvalue weighted by atomic mass is 31.2. The Bertz CT molecular complexity index is 1630. The van der Waals surface area contributed by atoms with Gasteiger partial charge in [-0.3, -0.25) is 37.3 Å². The third-order valence-electron chi connectivity index (χ3n) is 15.1. The Balaban J connectivity index is 5.20. The van der Waals surface area contributed by atoms with Gasteiger partial charge in [0.05, 0.1) is 26.4 Å². The van der Waals surface area contributed by atoms with Crippen molar-refractivity contribution < 1.29 is 80.2 Å². The van der Waals surface area contributed by atoms with Crippen LogP contribution >= 0.6 is 15.6 Å². The van der Waals surface area contributed by atoms with E-state index in [9.17, 15) is 43.2 Å². The van der Waals surface area contributed by atoms with E-state index in [1.165, 1.54) is 116 Å².